The van der Waals surface area contributed by atoms with Crippen LogP contribution in [0, 0.1) is 11.3 Å². The number of halogens is 1. The van der Waals surface area contributed by atoms with Gasteiger partial charge in [0, 0.05) is 5.41 Å². The molecule has 2 aliphatic rings. The summed E-state index contributed by atoms with van der Waals surface area (Å²) in [4.78, 5) is 10.9. The summed E-state index contributed by atoms with van der Waals surface area (Å²) in [6, 6.07) is 0. The van der Waals surface area contributed by atoms with Crippen LogP contribution in [-0.4, -0.2) is 5.24 Å². The highest BCUT2D eigenvalue weighted by atomic mass is 35.5. The lowest BCUT2D eigenvalue weighted by molar-refractivity contribution is -0.117. The Balaban J connectivity index is 2.12. The molecule has 10 heavy (non-hydrogen) atoms. The fraction of sp³-hybridized carbons (Fsp3) is 0.875. The van der Waals surface area contributed by atoms with Crippen molar-refractivity contribution in [3.05, 3.63) is 0 Å². The number of carbonyl (C=O) groups excluding carboxylic acids is 1. The van der Waals surface area contributed by atoms with E-state index in [1.807, 2.05) is 0 Å². The van der Waals surface area contributed by atoms with Gasteiger partial charge in [-0.05, 0) is 36.8 Å². The van der Waals surface area contributed by atoms with Crippen LogP contribution in [0.3, 0.4) is 0 Å². The maximum Gasteiger partial charge on any atom is 0.228 e. The molecule has 2 rings (SSSR count). The van der Waals surface area contributed by atoms with E-state index < -0.39 is 0 Å². The normalized spacial score (nSPS) is 44.3. The van der Waals surface area contributed by atoms with E-state index in [0.717, 1.165) is 12.8 Å². The van der Waals surface area contributed by atoms with E-state index in [0.29, 0.717) is 5.92 Å². The van der Waals surface area contributed by atoms with Crippen molar-refractivity contribution in [2.75, 3.05) is 0 Å². The van der Waals surface area contributed by atoms with E-state index in [2.05, 4.69) is 0 Å². The third kappa shape index (κ3) is 0.731. The highest BCUT2D eigenvalue weighted by Gasteiger charge is 2.59. The minimum atomic E-state index is -0.0720. The minimum absolute atomic E-state index is 0.0280. The second kappa shape index (κ2) is 1.97. The maximum atomic E-state index is 10.9. The van der Waals surface area contributed by atoms with Crippen LogP contribution < -0.4 is 0 Å². The summed E-state index contributed by atoms with van der Waals surface area (Å²) in [5.41, 5.74) is -0.0280. The summed E-state index contributed by atoms with van der Waals surface area (Å²) in [6.07, 6.45) is 5.87. The van der Waals surface area contributed by atoms with Crippen LogP contribution in [0.1, 0.15) is 32.1 Å². The van der Waals surface area contributed by atoms with E-state index in [-0.39, 0.29) is 10.7 Å². The summed E-state index contributed by atoms with van der Waals surface area (Å²) >= 11 is 5.50. The standard InChI is InChI=1S/C8H11ClO/c9-7(10)8-4-2-1-3-6(8)5-8/h6H,1-5H2/t6-,8-/m0/s1. The molecule has 0 heterocycles. The summed E-state index contributed by atoms with van der Waals surface area (Å²) in [6.45, 7) is 0. The number of hydrogen-bond donors (Lipinski definition) is 0. The fourth-order valence-electron chi connectivity index (χ4n) is 2.24. The zero-order chi connectivity index (χ0) is 7.19. The van der Waals surface area contributed by atoms with Gasteiger partial charge < -0.3 is 0 Å². The maximum absolute atomic E-state index is 10.9. The molecule has 0 aromatic carbocycles. The van der Waals surface area contributed by atoms with E-state index in [1.54, 1.807) is 0 Å². The van der Waals surface area contributed by atoms with Crippen molar-refractivity contribution in [3.63, 3.8) is 0 Å². The summed E-state index contributed by atoms with van der Waals surface area (Å²) in [5.74, 6) is 0.659. The van der Waals surface area contributed by atoms with Gasteiger partial charge in [-0.25, -0.2) is 0 Å². The van der Waals surface area contributed by atoms with Gasteiger partial charge in [-0.1, -0.05) is 12.8 Å². The van der Waals surface area contributed by atoms with Crippen molar-refractivity contribution in [1.29, 1.82) is 0 Å². The first-order chi connectivity index (χ1) is 4.76. The van der Waals surface area contributed by atoms with E-state index in [9.17, 15) is 4.79 Å². The average Bonchev–Trinajstić information content (AvgIpc) is 2.61. The molecule has 0 saturated heterocycles. The van der Waals surface area contributed by atoms with Crippen LogP contribution in [0.2, 0.25) is 0 Å². The third-order valence-electron chi connectivity index (χ3n) is 3.05. The van der Waals surface area contributed by atoms with Crippen LogP contribution in [0.5, 0.6) is 0 Å². The number of fused-ring (bicyclic) bond motifs is 1. The molecule has 2 fully saturated rings. The highest BCUT2D eigenvalue weighted by Crippen LogP contribution is 2.62. The molecule has 0 aromatic heterocycles. The van der Waals surface area contributed by atoms with Gasteiger partial charge in [0.2, 0.25) is 5.24 Å². The molecular weight excluding hydrogens is 148 g/mol. The van der Waals surface area contributed by atoms with Crippen LogP contribution in [-0.2, 0) is 4.79 Å². The zero-order valence-electron chi connectivity index (χ0n) is 5.90. The van der Waals surface area contributed by atoms with Gasteiger partial charge in [-0.15, -0.1) is 0 Å². The van der Waals surface area contributed by atoms with Crippen LogP contribution in [0.15, 0.2) is 0 Å². The van der Waals surface area contributed by atoms with Gasteiger partial charge in [0.15, 0.2) is 0 Å². The quantitative estimate of drug-likeness (QED) is 0.536. The van der Waals surface area contributed by atoms with E-state index >= 15 is 0 Å². The Kier molecular flexibility index (Phi) is 1.31. The van der Waals surface area contributed by atoms with Crippen LogP contribution in [0.4, 0.5) is 0 Å². The van der Waals surface area contributed by atoms with Crippen molar-refractivity contribution in [3.8, 4) is 0 Å². The van der Waals surface area contributed by atoms with E-state index in [1.165, 1.54) is 19.3 Å². The largest absolute Gasteiger partial charge is 0.281 e. The Bertz CT molecular complexity index is 178. The summed E-state index contributed by atoms with van der Waals surface area (Å²) in [5, 5.41) is -0.0720. The molecule has 2 atom stereocenters. The predicted octanol–water partition coefficient (Wildman–Crippen LogP) is 2.33. The molecular formula is C8H11ClO. The van der Waals surface area contributed by atoms with Gasteiger partial charge >= 0.3 is 0 Å². The lowest BCUT2D eigenvalue weighted by Crippen LogP contribution is -2.15. The summed E-state index contributed by atoms with van der Waals surface area (Å²) in [7, 11) is 0. The lowest BCUT2D eigenvalue weighted by Gasteiger charge is -2.16. The van der Waals surface area contributed by atoms with E-state index in [4.69, 9.17) is 11.6 Å². The Morgan fingerprint density at radius 1 is 1.50 bits per heavy atom. The predicted molar refractivity (Wildman–Crippen MR) is 39.9 cm³/mol. The molecule has 1 nitrogen and oxygen atoms in total. The second-order valence-corrected chi connectivity index (χ2v) is 3.92. The smallest absolute Gasteiger partial charge is 0.228 e. The van der Waals surface area contributed by atoms with Gasteiger partial charge in [-0.2, -0.15) is 0 Å². The van der Waals surface area contributed by atoms with Crippen molar-refractivity contribution >= 4 is 16.8 Å². The van der Waals surface area contributed by atoms with Crippen LogP contribution >= 0.6 is 11.6 Å². The third-order valence-corrected chi connectivity index (χ3v) is 3.43. The van der Waals surface area contributed by atoms with Crippen molar-refractivity contribution in [2.24, 2.45) is 11.3 Å². The molecule has 0 aromatic rings. The molecule has 0 unspecified atom stereocenters. The number of carbonyl (C=O) groups is 1. The SMILES string of the molecule is O=C(Cl)[C@]12CCCC[C@H]1C2. The van der Waals surface area contributed by atoms with Gasteiger partial charge in [-0.3, -0.25) is 4.79 Å². The molecule has 2 aliphatic carbocycles. The minimum Gasteiger partial charge on any atom is -0.281 e. The highest BCUT2D eigenvalue weighted by molar-refractivity contribution is 6.65. The molecule has 2 heteroatoms. The van der Waals surface area contributed by atoms with Gasteiger partial charge in [0.05, 0.1) is 0 Å². The first kappa shape index (κ1) is 6.66. The van der Waals surface area contributed by atoms with Crippen LogP contribution in [0.25, 0.3) is 0 Å². The number of hydrogen-bond acceptors (Lipinski definition) is 1. The Morgan fingerprint density at radius 2 is 2.30 bits per heavy atom. The molecule has 2 saturated carbocycles. The zero-order valence-corrected chi connectivity index (χ0v) is 6.66. The molecule has 0 bridgehead atoms. The monoisotopic (exact) mass is 158 g/mol. The summed E-state index contributed by atoms with van der Waals surface area (Å²) < 4.78 is 0. The lowest BCUT2D eigenvalue weighted by atomic mass is 9.90. The second-order valence-electron chi connectivity index (χ2n) is 3.58. The van der Waals surface area contributed by atoms with Crippen molar-refractivity contribution in [1.82, 2.24) is 0 Å². The molecule has 0 aliphatic heterocycles. The Labute approximate surface area is 65.7 Å². The molecule has 0 amide bonds. The Morgan fingerprint density at radius 3 is 2.80 bits per heavy atom. The topological polar surface area (TPSA) is 17.1 Å². The first-order valence-electron chi connectivity index (χ1n) is 3.96. The fourth-order valence-corrected chi connectivity index (χ4v) is 2.56. The molecule has 0 N–H and O–H groups in total. The molecule has 56 valence electrons. The van der Waals surface area contributed by atoms with Crippen molar-refractivity contribution in [2.45, 2.75) is 32.1 Å². The average molecular weight is 159 g/mol. The van der Waals surface area contributed by atoms with Gasteiger partial charge in [0.1, 0.15) is 0 Å². The molecule has 0 spiro atoms. The number of rotatable bonds is 1. The first-order valence-corrected chi connectivity index (χ1v) is 4.33. The Hall–Kier alpha value is -0.0400. The van der Waals surface area contributed by atoms with Crippen molar-refractivity contribution < 1.29 is 4.79 Å². The van der Waals surface area contributed by atoms with Gasteiger partial charge in [0.25, 0.3) is 0 Å². The molecule has 0 radical (unpaired) electrons.